The number of hydrogen-bond donors (Lipinski definition) is 1. The van der Waals surface area contributed by atoms with Gasteiger partial charge in [0.2, 0.25) is 0 Å². The maximum absolute atomic E-state index is 8.80. The summed E-state index contributed by atoms with van der Waals surface area (Å²) in [5, 5.41) is 12.6. The number of nitrogens with one attached hydrogen (secondary N) is 1. The van der Waals surface area contributed by atoms with Crippen molar-refractivity contribution >= 4 is 40.2 Å². The Morgan fingerprint density at radius 2 is 2.06 bits per heavy atom. The SMILES string of the molecule is CC(Nc1ccc(C#N)c(Cl)c1)c1ccc(Cl)s1. The number of anilines is 1. The summed E-state index contributed by atoms with van der Waals surface area (Å²) < 4.78 is 0.775. The van der Waals surface area contributed by atoms with Gasteiger partial charge >= 0.3 is 0 Å². The van der Waals surface area contributed by atoms with E-state index >= 15 is 0 Å². The molecule has 1 aromatic heterocycles. The number of halogens is 2. The van der Waals surface area contributed by atoms with Gasteiger partial charge in [0, 0.05) is 10.6 Å². The minimum atomic E-state index is 0.145. The van der Waals surface area contributed by atoms with Crippen LogP contribution in [-0.2, 0) is 0 Å². The fourth-order valence-electron chi connectivity index (χ4n) is 1.58. The Balaban J connectivity index is 2.15. The number of rotatable bonds is 3. The Kier molecular flexibility index (Phi) is 4.13. The highest BCUT2D eigenvalue weighted by Gasteiger charge is 2.09. The molecule has 1 N–H and O–H groups in total. The summed E-state index contributed by atoms with van der Waals surface area (Å²) in [4.78, 5) is 1.15. The molecule has 0 spiro atoms. The van der Waals surface area contributed by atoms with Gasteiger partial charge in [-0.25, -0.2) is 0 Å². The third-order valence-electron chi connectivity index (χ3n) is 2.49. The lowest BCUT2D eigenvalue weighted by atomic mass is 10.2. The second-order valence-electron chi connectivity index (χ2n) is 3.81. The molecule has 0 saturated carbocycles. The van der Waals surface area contributed by atoms with E-state index in [-0.39, 0.29) is 6.04 Å². The van der Waals surface area contributed by atoms with Crippen molar-refractivity contribution in [3.05, 3.63) is 50.1 Å². The highest BCUT2D eigenvalue weighted by Crippen LogP contribution is 2.30. The number of thiophene rings is 1. The Morgan fingerprint density at radius 1 is 1.28 bits per heavy atom. The van der Waals surface area contributed by atoms with Crippen LogP contribution in [0.3, 0.4) is 0 Å². The first-order valence-electron chi connectivity index (χ1n) is 5.31. The Labute approximate surface area is 120 Å². The summed E-state index contributed by atoms with van der Waals surface area (Å²) in [5.74, 6) is 0. The minimum absolute atomic E-state index is 0.145. The van der Waals surface area contributed by atoms with Gasteiger partial charge in [0.05, 0.1) is 21.0 Å². The van der Waals surface area contributed by atoms with Crippen molar-refractivity contribution in [1.29, 1.82) is 5.26 Å². The Bertz CT molecular complexity index is 601. The summed E-state index contributed by atoms with van der Waals surface area (Å²) in [6.07, 6.45) is 0. The minimum Gasteiger partial charge on any atom is -0.378 e. The van der Waals surface area contributed by atoms with E-state index in [2.05, 4.69) is 5.32 Å². The molecular formula is C13H10Cl2N2S. The molecule has 18 heavy (non-hydrogen) atoms. The Morgan fingerprint density at radius 3 is 2.61 bits per heavy atom. The number of nitrogens with zero attached hydrogens (tertiary/aromatic N) is 1. The molecule has 5 heteroatoms. The van der Waals surface area contributed by atoms with Crippen molar-refractivity contribution in [3.63, 3.8) is 0 Å². The van der Waals surface area contributed by atoms with Crippen molar-refractivity contribution in [2.75, 3.05) is 5.32 Å². The molecule has 2 nitrogen and oxygen atoms in total. The molecule has 0 radical (unpaired) electrons. The van der Waals surface area contributed by atoms with Crippen LogP contribution in [-0.4, -0.2) is 0 Å². The third kappa shape index (κ3) is 2.97. The second-order valence-corrected chi connectivity index (χ2v) is 5.97. The van der Waals surface area contributed by atoms with E-state index in [1.807, 2.05) is 31.2 Å². The zero-order chi connectivity index (χ0) is 13.1. The number of benzene rings is 1. The molecule has 0 fully saturated rings. The van der Waals surface area contributed by atoms with E-state index < -0.39 is 0 Å². The van der Waals surface area contributed by atoms with Crippen molar-refractivity contribution in [3.8, 4) is 6.07 Å². The molecule has 2 rings (SSSR count). The zero-order valence-corrected chi connectivity index (χ0v) is 11.9. The molecule has 1 heterocycles. The van der Waals surface area contributed by atoms with Crippen LogP contribution in [0.5, 0.6) is 0 Å². The lowest BCUT2D eigenvalue weighted by Crippen LogP contribution is -2.04. The van der Waals surface area contributed by atoms with Crippen molar-refractivity contribution in [2.45, 2.75) is 13.0 Å². The van der Waals surface area contributed by atoms with Gasteiger partial charge in [-0.3, -0.25) is 0 Å². The van der Waals surface area contributed by atoms with Gasteiger partial charge in [-0.2, -0.15) is 5.26 Å². The normalized spacial score (nSPS) is 11.9. The quantitative estimate of drug-likeness (QED) is 0.855. The van der Waals surface area contributed by atoms with E-state index in [4.69, 9.17) is 28.5 Å². The average Bonchev–Trinajstić information content (AvgIpc) is 2.76. The van der Waals surface area contributed by atoms with Crippen LogP contribution in [0.1, 0.15) is 23.4 Å². The van der Waals surface area contributed by atoms with E-state index in [0.717, 1.165) is 14.9 Å². The lowest BCUT2D eigenvalue weighted by Gasteiger charge is -2.14. The van der Waals surface area contributed by atoms with Crippen LogP contribution < -0.4 is 5.32 Å². The maximum atomic E-state index is 8.80. The molecule has 2 aromatic rings. The Hall–Kier alpha value is -1.21. The summed E-state index contributed by atoms with van der Waals surface area (Å²) in [6, 6.07) is 11.4. The van der Waals surface area contributed by atoms with Gasteiger partial charge in [-0.15, -0.1) is 11.3 Å². The molecule has 0 aliphatic carbocycles. The first kappa shape index (κ1) is 13.2. The largest absolute Gasteiger partial charge is 0.378 e. The summed E-state index contributed by atoms with van der Waals surface area (Å²) in [7, 11) is 0. The van der Waals surface area contributed by atoms with Gasteiger partial charge in [0.1, 0.15) is 6.07 Å². The van der Waals surface area contributed by atoms with Gasteiger partial charge in [-0.05, 0) is 37.3 Å². The van der Waals surface area contributed by atoms with Gasteiger partial charge < -0.3 is 5.32 Å². The molecule has 0 aliphatic rings. The molecule has 1 atom stereocenters. The lowest BCUT2D eigenvalue weighted by molar-refractivity contribution is 0.908. The van der Waals surface area contributed by atoms with Crippen molar-refractivity contribution in [2.24, 2.45) is 0 Å². The molecule has 1 unspecified atom stereocenters. The van der Waals surface area contributed by atoms with Gasteiger partial charge in [-0.1, -0.05) is 23.2 Å². The van der Waals surface area contributed by atoms with E-state index in [1.54, 1.807) is 23.5 Å². The molecular weight excluding hydrogens is 287 g/mol. The van der Waals surface area contributed by atoms with Crippen LogP contribution in [0.4, 0.5) is 5.69 Å². The summed E-state index contributed by atoms with van der Waals surface area (Å²) >= 11 is 13.4. The van der Waals surface area contributed by atoms with E-state index in [1.165, 1.54) is 0 Å². The predicted octanol–water partition coefficient (Wildman–Crippen LogP) is 5.10. The van der Waals surface area contributed by atoms with E-state index in [0.29, 0.717) is 10.6 Å². The van der Waals surface area contributed by atoms with Crippen LogP contribution in [0.15, 0.2) is 30.3 Å². The van der Waals surface area contributed by atoms with Crippen LogP contribution >= 0.6 is 34.5 Å². The zero-order valence-electron chi connectivity index (χ0n) is 9.58. The highest BCUT2D eigenvalue weighted by atomic mass is 35.5. The first-order chi connectivity index (χ1) is 8.60. The fourth-order valence-corrected chi connectivity index (χ4v) is 2.86. The molecule has 92 valence electrons. The molecule has 0 saturated heterocycles. The predicted molar refractivity (Wildman–Crippen MR) is 77.5 cm³/mol. The monoisotopic (exact) mass is 296 g/mol. The summed E-state index contributed by atoms with van der Waals surface area (Å²) in [6.45, 7) is 2.05. The fraction of sp³-hybridized carbons (Fsp3) is 0.154. The third-order valence-corrected chi connectivity index (χ3v) is 4.22. The average molecular weight is 297 g/mol. The van der Waals surface area contributed by atoms with E-state index in [9.17, 15) is 0 Å². The summed E-state index contributed by atoms with van der Waals surface area (Å²) in [5.41, 5.74) is 1.37. The standard InChI is InChI=1S/C13H10Cl2N2S/c1-8(12-4-5-13(15)18-12)17-10-3-2-9(7-16)11(14)6-10/h2-6,8,17H,1H3. The first-order valence-corrected chi connectivity index (χ1v) is 6.89. The molecule has 0 amide bonds. The smallest absolute Gasteiger partial charge is 0.101 e. The van der Waals surface area contributed by atoms with Crippen molar-refractivity contribution in [1.82, 2.24) is 0 Å². The number of nitriles is 1. The van der Waals surface area contributed by atoms with Crippen LogP contribution in [0.2, 0.25) is 9.36 Å². The topological polar surface area (TPSA) is 35.8 Å². The highest BCUT2D eigenvalue weighted by molar-refractivity contribution is 7.16. The molecule has 0 bridgehead atoms. The maximum Gasteiger partial charge on any atom is 0.101 e. The van der Waals surface area contributed by atoms with Gasteiger partial charge in [0.15, 0.2) is 0 Å². The van der Waals surface area contributed by atoms with Gasteiger partial charge in [0.25, 0.3) is 0 Å². The van der Waals surface area contributed by atoms with Crippen LogP contribution in [0.25, 0.3) is 0 Å². The molecule has 1 aromatic carbocycles. The van der Waals surface area contributed by atoms with Crippen molar-refractivity contribution < 1.29 is 0 Å². The molecule has 0 aliphatic heterocycles. The number of hydrogen-bond acceptors (Lipinski definition) is 3. The second kappa shape index (κ2) is 5.62. The van der Waals surface area contributed by atoms with Crippen LogP contribution in [0, 0.1) is 11.3 Å².